The molecule has 1 aliphatic rings. The summed E-state index contributed by atoms with van der Waals surface area (Å²) in [7, 11) is 0. The Kier molecular flexibility index (Phi) is 1.59. The Morgan fingerprint density at radius 2 is 2.31 bits per heavy atom. The Balaban J connectivity index is 2.30. The summed E-state index contributed by atoms with van der Waals surface area (Å²) in [5.74, 6) is 0. The standard InChI is InChI=1S/C8H9N3S2/c9-8-11-7-6(13-8)4-1-2-10-3-5(4)12-7/h10H,1-3H2,(H2,9,11). The number of hydrogen-bond donors (Lipinski definition) is 2. The van der Waals surface area contributed by atoms with Gasteiger partial charge < -0.3 is 11.1 Å². The van der Waals surface area contributed by atoms with Crippen molar-refractivity contribution < 1.29 is 0 Å². The van der Waals surface area contributed by atoms with Gasteiger partial charge in [0.25, 0.3) is 0 Å². The summed E-state index contributed by atoms with van der Waals surface area (Å²) >= 11 is 3.40. The maximum atomic E-state index is 5.67. The van der Waals surface area contributed by atoms with Crippen LogP contribution < -0.4 is 11.1 Å². The van der Waals surface area contributed by atoms with Crippen LogP contribution in [0.1, 0.15) is 10.4 Å². The molecule has 3 N–H and O–H groups in total. The van der Waals surface area contributed by atoms with Gasteiger partial charge in [0.05, 0.1) is 4.70 Å². The zero-order valence-electron chi connectivity index (χ0n) is 6.96. The Bertz CT molecular complexity index is 457. The highest BCUT2D eigenvalue weighted by molar-refractivity contribution is 7.29. The van der Waals surface area contributed by atoms with Crippen molar-refractivity contribution in [2.75, 3.05) is 12.3 Å². The molecule has 0 spiro atoms. The summed E-state index contributed by atoms with van der Waals surface area (Å²) in [6, 6.07) is 0. The molecule has 5 heteroatoms. The Morgan fingerprint density at radius 3 is 3.23 bits per heavy atom. The van der Waals surface area contributed by atoms with Gasteiger partial charge in [-0.2, -0.15) is 0 Å². The molecule has 0 aromatic carbocycles. The minimum atomic E-state index is 0.697. The summed E-state index contributed by atoms with van der Waals surface area (Å²) in [6.07, 6.45) is 1.12. The molecule has 2 aromatic heterocycles. The highest BCUT2D eigenvalue weighted by Crippen LogP contribution is 2.37. The number of hydrogen-bond acceptors (Lipinski definition) is 5. The van der Waals surface area contributed by atoms with Crippen LogP contribution in [-0.4, -0.2) is 11.5 Å². The third-order valence-electron chi connectivity index (χ3n) is 2.28. The van der Waals surface area contributed by atoms with E-state index in [1.807, 2.05) is 0 Å². The van der Waals surface area contributed by atoms with Gasteiger partial charge in [0.1, 0.15) is 4.83 Å². The summed E-state index contributed by atoms with van der Waals surface area (Å²) in [5.41, 5.74) is 7.15. The van der Waals surface area contributed by atoms with Crippen molar-refractivity contribution in [3.63, 3.8) is 0 Å². The molecule has 0 bridgehead atoms. The van der Waals surface area contributed by atoms with E-state index in [4.69, 9.17) is 5.73 Å². The van der Waals surface area contributed by atoms with Gasteiger partial charge in [-0.15, -0.1) is 11.3 Å². The minimum absolute atomic E-state index is 0.697. The average molecular weight is 211 g/mol. The lowest BCUT2D eigenvalue weighted by Crippen LogP contribution is -2.21. The number of aromatic nitrogens is 1. The summed E-state index contributed by atoms with van der Waals surface area (Å²) in [5, 5.41) is 4.06. The number of nitrogens with one attached hydrogen (secondary N) is 1. The first-order chi connectivity index (χ1) is 6.34. The number of anilines is 1. The average Bonchev–Trinajstić information content (AvgIpc) is 2.60. The SMILES string of the molecule is Nc1nc2sc3c(c2s1)CCNC3. The lowest BCUT2D eigenvalue weighted by molar-refractivity contribution is 0.657. The molecular weight excluding hydrogens is 202 g/mol. The van der Waals surface area contributed by atoms with E-state index in [1.165, 1.54) is 15.1 Å². The maximum Gasteiger partial charge on any atom is 0.181 e. The van der Waals surface area contributed by atoms with E-state index < -0.39 is 0 Å². The summed E-state index contributed by atoms with van der Waals surface area (Å²) < 4.78 is 1.32. The van der Waals surface area contributed by atoms with Crippen molar-refractivity contribution in [1.29, 1.82) is 0 Å². The molecule has 0 atom stereocenters. The van der Waals surface area contributed by atoms with E-state index in [1.54, 1.807) is 22.7 Å². The Labute approximate surface area is 83.6 Å². The number of thiazole rings is 1. The van der Waals surface area contributed by atoms with Crippen LogP contribution in [0, 0.1) is 0 Å². The fraction of sp³-hybridized carbons (Fsp3) is 0.375. The van der Waals surface area contributed by atoms with Crippen LogP contribution in [0.2, 0.25) is 0 Å². The third kappa shape index (κ3) is 1.08. The van der Waals surface area contributed by atoms with Crippen molar-refractivity contribution in [2.45, 2.75) is 13.0 Å². The van der Waals surface area contributed by atoms with Crippen LogP contribution in [-0.2, 0) is 13.0 Å². The van der Waals surface area contributed by atoms with Crippen molar-refractivity contribution in [1.82, 2.24) is 10.3 Å². The van der Waals surface area contributed by atoms with Gasteiger partial charge in [-0.25, -0.2) is 4.98 Å². The van der Waals surface area contributed by atoms with Crippen molar-refractivity contribution in [3.8, 4) is 0 Å². The van der Waals surface area contributed by atoms with Gasteiger partial charge in [-0.3, -0.25) is 0 Å². The smallest absolute Gasteiger partial charge is 0.181 e. The first-order valence-electron chi connectivity index (χ1n) is 4.22. The topological polar surface area (TPSA) is 50.9 Å². The molecule has 3 nitrogen and oxygen atoms in total. The van der Waals surface area contributed by atoms with E-state index in [0.717, 1.165) is 24.3 Å². The molecule has 0 radical (unpaired) electrons. The second-order valence-corrected chi connectivity index (χ2v) is 5.23. The van der Waals surface area contributed by atoms with Gasteiger partial charge in [-0.05, 0) is 18.5 Å². The fourth-order valence-corrected chi connectivity index (χ4v) is 3.99. The van der Waals surface area contributed by atoms with Crippen LogP contribution >= 0.6 is 22.7 Å². The lowest BCUT2D eigenvalue weighted by Gasteiger charge is -2.11. The zero-order valence-corrected chi connectivity index (χ0v) is 8.60. The number of nitrogens with two attached hydrogens (primary N) is 1. The fourth-order valence-electron chi connectivity index (χ4n) is 1.70. The van der Waals surface area contributed by atoms with Crippen LogP contribution in [0.15, 0.2) is 0 Å². The molecule has 13 heavy (non-hydrogen) atoms. The Morgan fingerprint density at radius 1 is 1.38 bits per heavy atom. The molecule has 3 rings (SSSR count). The number of nitrogen functional groups attached to an aromatic ring is 1. The second kappa shape index (κ2) is 2.67. The Hall–Kier alpha value is -0.650. The minimum Gasteiger partial charge on any atom is -0.375 e. The van der Waals surface area contributed by atoms with Crippen LogP contribution in [0.4, 0.5) is 5.13 Å². The predicted octanol–water partition coefficient (Wildman–Crippen LogP) is 1.59. The normalized spacial score (nSPS) is 16.3. The lowest BCUT2D eigenvalue weighted by atomic mass is 10.1. The molecule has 3 heterocycles. The van der Waals surface area contributed by atoms with E-state index in [9.17, 15) is 0 Å². The van der Waals surface area contributed by atoms with Crippen molar-refractivity contribution in [3.05, 3.63) is 10.4 Å². The first-order valence-corrected chi connectivity index (χ1v) is 5.85. The van der Waals surface area contributed by atoms with E-state index >= 15 is 0 Å². The maximum absolute atomic E-state index is 5.67. The largest absolute Gasteiger partial charge is 0.375 e. The highest BCUT2D eigenvalue weighted by Gasteiger charge is 2.17. The molecule has 0 saturated carbocycles. The molecule has 1 aliphatic heterocycles. The van der Waals surface area contributed by atoms with Crippen molar-refractivity contribution >= 4 is 37.3 Å². The molecule has 0 fully saturated rings. The second-order valence-electron chi connectivity index (χ2n) is 3.12. The van der Waals surface area contributed by atoms with Crippen molar-refractivity contribution in [2.24, 2.45) is 0 Å². The third-order valence-corrected chi connectivity index (χ3v) is 4.48. The first kappa shape index (κ1) is 7.73. The van der Waals surface area contributed by atoms with E-state index in [-0.39, 0.29) is 0 Å². The van der Waals surface area contributed by atoms with E-state index in [2.05, 4.69) is 10.3 Å². The van der Waals surface area contributed by atoms with Gasteiger partial charge in [-0.1, -0.05) is 11.3 Å². The molecule has 0 saturated heterocycles. The van der Waals surface area contributed by atoms with Crippen LogP contribution in [0.25, 0.3) is 9.53 Å². The predicted molar refractivity (Wildman–Crippen MR) is 57.3 cm³/mol. The highest BCUT2D eigenvalue weighted by atomic mass is 32.1. The van der Waals surface area contributed by atoms with E-state index in [0.29, 0.717) is 5.13 Å². The number of fused-ring (bicyclic) bond motifs is 3. The number of rotatable bonds is 0. The van der Waals surface area contributed by atoms with Gasteiger partial charge in [0, 0.05) is 11.4 Å². The van der Waals surface area contributed by atoms with Gasteiger partial charge in [0.15, 0.2) is 5.13 Å². The molecule has 0 unspecified atom stereocenters. The van der Waals surface area contributed by atoms with Crippen LogP contribution in [0.5, 0.6) is 0 Å². The zero-order chi connectivity index (χ0) is 8.84. The monoisotopic (exact) mass is 211 g/mol. The van der Waals surface area contributed by atoms with Gasteiger partial charge in [0.2, 0.25) is 0 Å². The summed E-state index contributed by atoms with van der Waals surface area (Å²) in [4.78, 5) is 6.87. The molecular formula is C8H9N3S2. The molecule has 0 amide bonds. The molecule has 2 aromatic rings. The summed E-state index contributed by atoms with van der Waals surface area (Å²) in [6.45, 7) is 2.08. The molecule has 68 valence electrons. The van der Waals surface area contributed by atoms with Crippen LogP contribution in [0.3, 0.4) is 0 Å². The number of nitrogens with zero attached hydrogens (tertiary/aromatic N) is 1. The quantitative estimate of drug-likeness (QED) is 0.695. The molecule has 0 aliphatic carbocycles. The number of thiophene rings is 1. The van der Waals surface area contributed by atoms with Gasteiger partial charge >= 0.3 is 0 Å².